The number of hydrazine groups is 1. The van der Waals surface area contributed by atoms with E-state index in [4.69, 9.17) is 5.73 Å². The van der Waals surface area contributed by atoms with Gasteiger partial charge in [-0.2, -0.15) is 13.2 Å². The number of carbonyl (C=O) groups is 1. The molecule has 1 aromatic carbocycles. The molecule has 2 rings (SSSR count). The van der Waals surface area contributed by atoms with Gasteiger partial charge in [-0.15, -0.1) is 0 Å². The molecule has 0 saturated heterocycles. The maximum atomic E-state index is 12.8. The van der Waals surface area contributed by atoms with Crippen LogP contribution in [0, 0.1) is 0 Å². The molecule has 1 atom stereocenters. The summed E-state index contributed by atoms with van der Waals surface area (Å²) in [7, 11) is 0. The van der Waals surface area contributed by atoms with Crippen LogP contribution in [0.1, 0.15) is 30.5 Å². The Morgan fingerprint density at radius 3 is 2.62 bits per heavy atom. The lowest BCUT2D eigenvalue weighted by atomic mass is 10.0. The second-order valence-electron chi connectivity index (χ2n) is 4.96. The quantitative estimate of drug-likeness (QED) is 0.842. The van der Waals surface area contributed by atoms with Gasteiger partial charge >= 0.3 is 6.18 Å². The van der Waals surface area contributed by atoms with Crippen LogP contribution < -0.4 is 11.2 Å². The SMILES string of the molecule is C[C@@H](NN1C=CC(=O)CC1)c1cc(N)cc(C(F)(F)F)c1. The molecule has 7 heteroatoms. The van der Waals surface area contributed by atoms with E-state index >= 15 is 0 Å². The summed E-state index contributed by atoms with van der Waals surface area (Å²) < 4.78 is 38.3. The van der Waals surface area contributed by atoms with Crippen molar-refractivity contribution in [2.45, 2.75) is 25.6 Å². The Balaban J connectivity index is 2.15. The standard InChI is InChI=1S/C14H16F3N3O/c1-9(19-20-4-2-13(21)3-5-20)10-6-11(14(15,16)17)8-12(18)7-10/h2,4,6-9,19H,3,5,18H2,1H3/t9-/m1/s1. The van der Waals surface area contributed by atoms with Crippen molar-refractivity contribution in [1.82, 2.24) is 10.4 Å². The summed E-state index contributed by atoms with van der Waals surface area (Å²) in [5, 5.41) is 1.68. The van der Waals surface area contributed by atoms with Gasteiger partial charge < -0.3 is 10.7 Å². The van der Waals surface area contributed by atoms with Crippen molar-refractivity contribution in [1.29, 1.82) is 0 Å². The highest BCUT2D eigenvalue weighted by molar-refractivity contribution is 5.90. The lowest BCUT2D eigenvalue weighted by molar-refractivity contribution is -0.137. The smallest absolute Gasteiger partial charge is 0.399 e. The summed E-state index contributed by atoms with van der Waals surface area (Å²) >= 11 is 0. The minimum absolute atomic E-state index is 0.0315. The number of hydrogen-bond acceptors (Lipinski definition) is 4. The molecule has 1 aromatic rings. The van der Waals surface area contributed by atoms with E-state index in [1.165, 1.54) is 12.1 Å². The van der Waals surface area contributed by atoms with Crippen LogP contribution in [0.15, 0.2) is 30.5 Å². The molecule has 0 fully saturated rings. The molecule has 1 aliphatic rings. The molecule has 0 unspecified atom stereocenters. The first-order valence-corrected chi connectivity index (χ1v) is 6.47. The van der Waals surface area contributed by atoms with E-state index in [9.17, 15) is 18.0 Å². The largest absolute Gasteiger partial charge is 0.416 e. The molecule has 0 aromatic heterocycles. The number of hydrogen-bond donors (Lipinski definition) is 2. The van der Waals surface area contributed by atoms with E-state index in [0.29, 0.717) is 18.5 Å². The van der Waals surface area contributed by atoms with Gasteiger partial charge in [0.05, 0.1) is 5.56 Å². The summed E-state index contributed by atoms with van der Waals surface area (Å²) in [6.45, 7) is 2.22. The first-order valence-electron chi connectivity index (χ1n) is 6.47. The number of nitrogen functional groups attached to an aromatic ring is 1. The minimum Gasteiger partial charge on any atom is -0.399 e. The summed E-state index contributed by atoms with van der Waals surface area (Å²) in [5.41, 5.74) is 8.32. The molecule has 0 bridgehead atoms. The Labute approximate surface area is 120 Å². The molecule has 1 aliphatic heterocycles. The fourth-order valence-corrected chi connectivity index (χ4v) is 2.08. The van der Waals surface area contributed by atoms with Gasteiger partial charge in [-0.25, -0.2) is 5.43 Å². The average Bonchev–Trinajstić information content (AvgIpc) is 2.39. The van der Waals surface area contributed by atoms with Crippen molar-refractivity contribution in [3.05, 3.63) is 41.6 Å². The predicted octanol–water partition coefficient (Wildman–Crippen LogP) is 2.64. The van der Waals surface area contributed by atoms with Crippen LogP contribution in [0.2, 0.25) is 0 Å². The number of allylic oxidation sites excluding steroid dienone is 1. The monoisotopic (exact) mass is 299 g/mol. The Bertz CT molecular complexity index is 569. The van der Waals surface area contributed by atoms with Gasteiger partial charge in [0, 0.05) is 30.9 Å². The van der Waals surface area contributed by atoms with E-state index in [1.54, 1.807) is 18.1 Å². The molecule has 0 saturated carbocycles. The fourth-order valence-electron chi connectivity index (χ4n) is 2.08. The average molecular weight is 299 g/mol. The fraction of sp³-hybridized carbons (Fsp3) is 0.357. The van der Waals surface area contributed by atoms with Crippen LogP contribution >= 0.6 is 0 Å². The van der Waals surface area contributed by atoms with Crippen molar-refractivity contribution >= 4 is 11.5 Å². The number of alkyl halides is 3. The third kappa shape index (κ3) is 3.98. The van der Waals surface area contributed by atoms with E-state index in [2.05, 4.69) is 5.43 Å². The van der Waals surface area contributed by atoms with Crippen LogP contribution in [0.25, 0.3) is 0 Å². The molecule has 0 amide bonds. The zero-order chi connectivity index (χ0) is 15.6. The number of rotatable bonds is 3. The van der Waals surface area contributed by atoms with E-state index in [0.717, 1.165) is 12.1 Å². The Hall–Kier alpha value is -2.02. The Morgan fingerprint density at radius 2 is 2.05 bits per heavy atom. The zero-order valence-electron chi connectivity index (χ0n) is 11.4. The number of halogens is 3. The van der Waals surface area contributed by atoms with Gasteiger partial charge in [0.25, 0.3) is 0 Å². The van der Waals surface area contributed by atoms with Crippen molar-refractivity contribution < 1.29 is 18.0 Å². The van der Waals surface area contributed by atoms with Crippen LogP contribution in [-0.4, -0.2) is 17.3 Å². The molecule has 3 N–H and O–H groups in total. The van der Waals surface area contributed by atoms with Crippen LogP contribution in [0.4, 0.5) is 18.9 Å². The maximum Gasteiger partial charge on any atom is 0.416 e. The second-order valence-corrected chi connectivity index (χ2v) is 4.96. The third-order valence-corrected chi connectivity index (χ3v) is 3.20. The molecule has 0 aliphatic carbocycles. The van der Waals surface area contributed by atoms with Crippen LogP contribution in [0.3, 0.4) is 0 Å². The van der Waals surface area contributed by atoms with Gasteiger partial charge in [-0.1, -0.05) is 0 Å². The van der Waals surface area contributed by atoms with Gasteiger partial charge in [-0.05, 0) is 36.8 Å². The molecule has 1 heterocycles. The first kappa shape index (κ1) is 15.4. The molecule has 0 radical (unpaired) electrons. The Morgan fingerprint density at radius 1 is 1.33 bits per heavy atom. The normalized spacial score (nSPS) is 17.1. The minimum atomic E-state index is -4.43. The Kier molecular flexibility index (Phi) is 4.22. The van der Waals surface area contributed by atoms with Crippen LogP contribution in [-0.2, 0) is 11.0 Å². The van der Waals surface area contributed by atoms with Crippen molar-refractivity contribution in [3.8, 4) is 0 Å². The van der Waals surface area contributed by atoms with Gasteiger partial charge in [0.2, 0.25) is 0 Å². The zero-order valence-corrected chi connectivity index (χ0v) is 11.4. The highest BCUT2D eigenvalue weighted by atomic mass is 19.4. The van der Waals surface area contributed by atoms with Gasteiger partial charge in [-0.3, -0.25) is 4.79 Å². The highest BCUT2D eigenvalue weighted by Gasteiger charge is 2.31. The lowest BCUT2D eigenvalue weighted by Crippen LogP contribution is -2.38. The molecule has 21 heavy (non-hydrogen) atoms. The number of nitrogens with one attached hydrogen (secondary N) is 1. The number of benzene rings is 1. The molecular formula is C14H16F3N3O. The number of carbonyl (C=O) groups excluding carboxylic acids is 1. The molecule has 0 spiro atoms. The molecule has 4 nitrogen and oxygen atoms in total. The van der Waals surface area contributed by atoms with E-state index < -0.39 is 11.7 Å². The number of ketones is 1. The third-order valence-electron chi connectivity index (χ3n) is 3.20. The van der Waals surface area contributed by atoms with E-state index in [1.807, 2.05) is 0 Å². The number of nitrogens with two attached hydrogens (primary N) is 1. The summed E-state index contributed by atoms with van der Waals surface area (Å²) in [6.07, 6.45) is -1.04. The summed E-state index contributed by atoms with van der Waals surface area (Å²) in [6, 6.07) is 3.13. The molecule has 114 valence electrons. The maximum absolute atomic E-state index is 12.8. The van der Waals surface area contributed by atoms with Gasteiger partial charge in [0.1, 0.15) is 0 Å². The lowest BCUT2D eigenvalue weighted by Gasteiger charge is -2.28. The van der Waals surface area contributed by atoms with Crippen molar-refractivity contribution in [3.63, 3.8) is 0 Å². The predicted molar refractivity (Wildman–Crippen MR) is 72.9 cm³/mol. The van der Waals surface area contributed by atoms with Crippen LogP contribution in [0.5, 0.6) is 0 Å². The summed E-state index contributed by atoms with van der Waals surface area (Å²) in [5.74, 6) is 0.0315. The first-order chi connectivity index (χ1) is 9.75. The summed E-state index contributed by atoms with van der Waals surface area (Å²) in [4.78, 5) is 11.1. The van der Waals surface area contributed by atoms with Gasteiger partial charge in [0.15, 0.2) is 5.78 Å². The molecular weight excluding hydrogens is 283 g/mol. The highest BCUT2D eigenvalue weighted by Crippen LogP contribution is 2.32. The topological polar surface area (TPSA) is 58.4 Å². The second kappa shape index (κ2) is 5.77. The van der Waals surface area contributed by atoms with Crippen molar-refractivity contribution in [2.75, 3.05) is 12.3 Å². The van der Waals surface area contributed by atoms with E-state index in [-0.39, 0.29) is 17.5 Å². The number of anilines is 1. The van der Waals surface area contributed by atoms with Crippen molar-refractivity contribution in [2.24, 2.45) is 0 Å². The number of nitrogens with zero attached hydrogens (tertiary/aromatic N) is 1.